The van der Waals surface area contributed by atoms with Gasteiger partial charge < -0.3 is 10.8 Å². The molecule has 0 rings (SSSR count). The van der Waals surface area contributed by atoms with Crippen LogP contribution in [0.3, 0.4) is 0 Å². The zero-order valence-corrected chi connectivity index (χ0v) is 8.28. The molecule has 0 aliphatic carbocycles. The van der Waals surface area contributed by atoms with Gasteiger partial charge in [0.15, 0.2) is 0 Å². The van der Waals surface area contributed by atoms with Crippen molar-refractivity contribution in [2.45, 2.75) is 32.3 Å². The van der Waals surface area contributed by atoms with Gasteiger partial charge in [0.25, 0.3) is 0 Å². The fourth-order valence-corrected chi connectivity index (χ4v) is 1.90. The van der Waals surface area contributed by atoms with E-state index in [9.17, 15) is 5.11 Å². The van der Waals surface area contributed by atoms with Gasteiger partial charge in [0.05, 0.1) is 5.60 Å². The Morgan fingerprint density at radius 3 is 2.27 bits per heavy atom. The van der Waals surface area contributed by atoms with Crippen LogP contribution in [-0.4, -0.2) is 28.8 Å². The first kappa shape index (κ1) is 11.3. The second kappa shape index (κ2) is 5.86. The smallest absolute Gasteiger partial charge is 0.0732 e. The van der Waals surface area contributed by atoms with Crippen molar-refractivity contribution < 1.29 is 5.11 Å². The Balaban J connectivity index is 3.51. The third kappa shape index (κ3) is 4.67. The summed E-state index contributed by atoms with van der Waals surface area (Å²) in [7, 11) is 0. The molecule has 0 heterocycles. The minimum atomic E-state index is -0.458. The lowest BCUT2D eigenvalue weighted by Gasteiger charge is -2.24. The van der Waals surface area contributed by atoms with Crippen molar-refractivity contribution in [3.05, 3.63) is 0 Å². The van der Waals surface area contributed by atoms with E-state index in [0.717, 1.165) is 24.3 Å². The number of aliphatic hydroxyl groups is 1. The van der Waals surface area contributed by atoms with Crippen LogP contribution >= 0.6 is 11.8 Å². The Labute approximate surface area is 73.6 Å². The summed E-state index contributed by atoms with van der Waals surface area (Å²) in [6.07, 6.45) is 1.67. The van der Waals surface area contributed by atoms with E-state index in [1.54, 1.807) is 11.8 Å². The number of rotatable bonds is 6. The first-order chi connectivity index (χ1) is 5.18. The Morgan fingerprint density at radius 1 is 1.36 bits per heavy atom. The van der Waals surface area contributed by atoms with E-state index in [1.807, 2.05) is 13.8 Å². The molecule has 0 saturated carbocycles. The Bertz CT molecular complexity index is 94.1. The van der Waals surface area contributed by atoms with E-state index in [1.165, 1.54) is 0 Å². The SMILES string of the molecule is CCC(O)(CC)CSCCN. The van der Waals surface area contributed by atoms with Crippen molar-refractivity contribution >= 4 is 11.8 Å². The minimum absolute atomic E-state index is 0.458. The van der Waals surface area contributed by atoms with Crippen LogP contribution in [0.15, 0.2) is 0 Å². The van der Waals surface area contributed by atoms with Crippen molar-refractivity contribution in [2.75, 3.05) is 18.1 Å². The normalized spacial score (nSPS) is 12.0. The third-order valence-electron chi connectivity index (χ3n) is 1.95. The van der Waals surface area contributed by atoms with Gasteiger partial charge in [-0.05, 0) is 12.8 Å². The lowest BCUT2D eigenvalue weighted by atomic mass is 10.0. The summed E-state index contributed by atoms with van der Waals surface area (Å²) in [4.78, 5) is 0. The van der Waals surface area contributed by atoms with Gasteiger partial charge in [-0.25, -0.2) is 0 Å². The maximum atomic E-state index is 9.79. The molecule has 0 aromatic heterocycles. The maximum absolute atomic E-state index is 9.79. The Kier molecular flexibility index (Phi) is 6.01. The van der Waals surface area contributed by atoms with Crippen molar-refractivity contribution in [1.29, 1.82) is 0 Å². The average molecular weight is 177 g/mol. The van der Waals surface area contributed by atoms with Gasteiger partial charge in [-0.2, -0.15) is 11.8 Å². The Morgan fingerprint density at radius 2 is 1.91 bits per heavy atom. The fraction of sp³-hybridized carbons (Fsp3) is 1.00. The second-order valence-electron chi connectivity index (χ2n) is 2.77. The van der Waals surface area contributed by atoms with Crippen molar-refractivity contribution in [3.8, 4) is 0 Å². The summed E-state index contributed by atoms with van der Waals surface area (Å²) in [5.41, 5.74) is 4.88. The zero-order valence-electron chi connectivity index (χ0n) is 7.47. The van der Waals surface area contributed by atoms with Gasteiger partial charge in [-0.3, -0.25) is 0 Å². The summed E-state index contributed by atoms with van der Waals surface area (Å²) in [5.74, 6) is 1.76. The molecule has 0 aromatic rings. The van der Waals surface area contributed by atoms with Crippen LogP contribution in [0.2, 0.25) is 0 Å². The standard InChI is InChI=1S/C8H19NOS/c1-3-8(10,4-2)7-11-6-5-9/h10H,3-7,9H2,1-2H3. The molecule has 11 heavy (non-hydrogen) atoms. The van der Waals surface area contributed by atoms with E-state index in [-0.39, 0.29) is 0 Å². The van der Waals surface area contributed by atoms with Crippen LogP contribution in [0.1, 0.15) is 26.7 Å². The highest BCUT2D eigenvalue weighted by Crippen LogP contribution is 2.20. The monoisotopic (exact) mass is 177 g/mol. The largest absolute Gasteiger partial charge is 0.389 e. The molecule has 0 aliphatic rings. The molecule has 0 spiro atoms. The van der Waals surface area contributed by atoms with Crippen LogP contribution in [-0.2, 0) is 0 Å². The van der Waals surface area contributed by atoms with Crippen LogP contribution < -0.4 is 5.73 Å². The summed E-state index contributed by atoms with van der Waals surface area (Å²) < 4.78 is 0. The first-order valence-corrected chi connectivity index (χ1v) is 5.34. The molecule has 68 valence electrons. The lowest BCUT2D eigenvalue weighted by molar-refractivity contribution is 0.0572. The van der Waals surface area contributed by atoms with E-state index < -0.39 is 5.60 Å². The topological polar surface area (TPSA) is 46.2 Å². The number of thioether (sulfide) groups is 1. The molecule has 0 fully saturated rings. The lowest BCUT2D eigenvalue weighted by Crippen LogP contribution is -2.30. The molecule has 0 aliphatic heterocycles. The number of hydrogen-bond acceptors (Lipinski definition) is 3. The number of nitrogens with two attached hydrogens (primary N) is 1. The highest BCUT2D eigenvalue weighted by atomic mass is 32.2. The fourth-order valence-electron chi connectivity index (χ4n) is 0.800. The summed E-state index contributed by atoms with van der Waals surface area (Å²) in [6, 6.07) is 0. The van der Waals surface area contributed by atoms with Crippen LogP contribution in [0.5, 0.6) is 0 Å². The van der Waals surface area contributed by atoms with Gasteiger partial charge in [0.2, 0.25) is 0 Å². The van der Waals surface area contributed by atoms with E-state index in [4.69, 9.17) is 5.73 Å². The van der Waals surface area contributed by atoms with E-state index in [2.05, 4.69) is 0 Å². The van der Waals surface area contributed by atoms with Gasteiger partial charge in [0.1, 0.15) is 0 Å². The highest BCUT2D eigenvalue weighted by Gasteiger charge is 2.21. The van der Waals surface area contributed by atoms with Crippen LogP contribution in [0.25, 0.3) is 0 Å². The molecule has 0 bridgehead atoms. The zero-order chi connectivity index (χ0) is 8.74. The third-order valence-corrected chi connectivity index (χ3v) is 3.22. The van der Waals surface area contributed by atoms with Crippen LogP contribution in [0, 0.1) is 0 Å². The molecule has 0 saturated heterocycles. The minimum Gasteiger partial charge on any atom is -0.389 e. The average Bonchev–Trinajstić information content (AvgIpc) is 2.05. The molecule has 0 aromatic carbocycles. The molecule has 0 amide bonds. The number of hydrogen-bond donors (Lipinski definition) is 2. The molecular weight excluding hydrogens is 158 g/mol. The van der Waals surface area contributed by atoms with E-state index in [0.29, 0.717) is 6.54 Å². The first-order valence-electron chi connectivity index (χ1n) is 4.18. The molecule has 0 unspecified atom stereocenters. The van der Waals surface area contributed by atoms with Gasteiger partial charge in [-0.1, -0.05) is 13.8 Å². The molecule has 3 heteroatoms. The summed E-state index contributed by atoms with van der Waals surface area (Å²) in [5, 5.41) is 9.79. The second-order valence-corrected chi connectivity index (χ2v) is 3.88. The summed E-state index contributed by atoms with van der Waals surface area (Å²) in [6.45, 7) is 4.74. The molecule has 0 radical (unpaired) electrons. The van der Waals surface area contributed by atoms with E-state index >= 15 is 0 Å². The van der Waals surface area contributed by atoms with Gasteiger partial charge >= 0.3 is 0 Å². The highest BCUT2D eigenvalue weighted by molar-refractivity contribution is 7.99. The van der Waals surface area contributed by atoms with Crippen LogP contribution in [0.4, 0.5) is 0 Å². The molecule has 0 atom stereocenters. The van der Waals surface area contributed by atoms with Gasteiger partial charge in [-0.15, -0.1) is 0 Å². The van der Waals surface area contributed by atoms with Crippen molar-refractivity contribution in [2.24, 2.45) is 5.73 Å². The molecular formula is C8H19NOS. The Hall–Kier alpha value is 0.270. The molecule has 3 N–H and O–H groups in total. The predicted octanol–water partition coefficient (Wildman–Crippen LogP) is 1.23. The summed E-state index contributed by atoms with van der Waals surface area (Å²) >= 11 is 1.73. The van der Waals surface area contributed by atoms with Crippen molar-refractivity contribution in [3.63, 3.8) is 0 Å². The van der Waals surface area contributed by atoms with Gasteiger partial charge in [0, 0.05) is 18.1 Å². The van der Waals surface area contributed by atoms with Crippen molar-refractivity contribution in [1.82, 2.24) is 0 Å². The molecule has 2 nitrogen and oxygen atoms in total. The maximum Gasteiger partial charge on any atom is 0.0732 e. The predicted molar refractivity (Wildman–Crippen MR) is 51.9 cm³/mol. The quantitative estimate of drug-likeness (QED) is 0.600.